The van der Waals surface area contributed by atoms with E-state index < -0.39 is 11.7 Å². The Kier molecular flexibility index (Phi) is 7.96. The second kappa shape index (κ2) is 10.9. The van der Waals surface area contributed by atoms with E-state index in [1.807, 2.05) is 42.5 Å². The zero-order valence-corrected chi connectivity index (χ0v) is 18.4. The number of alkyl halides is 3. The van der Waals surface area contributed by atoms with Gasteiger partial charge < -0.3 is 9.47 Å². The van der Waals surface area contributed by atoms with Crippen molar-refractivity contribution >= 4 is 28.7 Å². The lowest BCUT2D eigenvalue weighted by Crippen LogP contribution is -2.34. The number of benzene rings is 2. The van der Waals surface area contributed by atoms with Gasteiger partial charge >= 0.3 is 6.18 Å². The number of hydrogen-bond acceptors (Lipinski definition) is 5. The van der Waals surface area contributed by atoms with Gasteiger partial charge in [0.2, 0.25) is 5.91 Å². The zero-order chi connectivity index (χ0) is 23.8. The predicted molar refractivity (Wildman–Crippen MR) is 118 cm³/mol. The molecule has 3 rings (SSSR count). The van der Waals surface area contributed by atoms with Crippen LogP contribution in [0.15, 0.2) is 53.7 Å². The van der Waals surface area contributed by atoms with E-state index in [1.54, 1.807) is 4.57 Å². The number of nitrogens with zero attached hydrogens (tertiary/aromatic N) is 5. The Bertz CT molecular complexity index is 1180. The van der Waals surface area contributed by atoms with Crippen LogP contribution in [0.25, 0.3) is 11.0 Å². The summed E-state index contributed by atoms with van der Waals surface area (Å²) in [6, 6.07) is 16.8. The molecule has 10 heteroatoms. The third-order valence-corrected chi connectivity index (χ3v) is 5.85. The number of carbonyl (C=O) groups excluding carboxylic acids is 1. The summed E-state index contributed by atoms with van der Waals surface area (Å²) in [6.07, 6.45) is -4.19. The van der Waals surface area contributed by atoms with Gasteiger partial charge in [0.05, 0.1) is 53.9 Å². The molecule has 0 saturated carbocycles. The van der Waals surface area contributed by atoms with E-state index in [0.717, 1.165) is 29.5 Å². The van der Waals surface area contributed by atoms with Crippen LogP contribution in [0, 0.1) is 22.7 Å². The Morgan fingerprint density at radius 2 is 1.73 bits per heavy atom. The van der Waals surface area contributed by atoms with E-state index in [4.69, 9.17) is 10.5 Å². The van der Waals surface area contributed by atoms with Gasteiger partial charge in [-0.15, -0.1) is 0 Å². The molecule has 0 aliphatic carbocycles. The molecule has 6 nitrogen and oxygen atoms in total. The number of fused-ring (bicyclic) bond motifs is 1. The summed E-state index contributed by atoms with van der Waals surface area (Å²) in [6.45, 7) is 0.811. The van der Waals surface area contributed by atoms with Gasteiger partial charge in [-0.1, -0.05) is 42.1 Å². The SMILES string of the molecule is N#CCCN(CCC#N)C(=O)CSc1nc2cc(C(F)(F)F)ccc2n1Cc1ccccc1. The molecule has 0 N–H and O–H groups in total. The molecule has 0 fully saturated rings. The fourth-order valence-corrected chi connectivity index (χ4v) is 4.18. The van der Waals surface area contributed by atoms with E-state index in [1.165, 1.54) is 11.0 Å². The Morgan fingerprint density at radius 3 is 2.33 bits per heavy atom. The molecule has 0 aliphatic heterocycles. The van der Waals surface area contributed by atoms with E-state index in [-0.39, 0.29) is 43.1 Å². The first kappa shape index (κ1) is 24.1. The average Bonchev–Trinajstić information content (AvgIpc) is 3.14. The Labute approximate surface area is 193 Å². The van der Waals surface area contributed by atoms with Crippen molar-refractivity contribution in [1.29, 1.82) is 10.5 Å². The number of hydrogen-bond donors (Lipinski definition) is 0. The van der Waals surface area contributed by atoms with Crippen LogP contribution in [0.3, 0.4) is 0 Å². The Morgan fingerprint density at radius 1 is 1.06 bits per heavy atom. The van der Waals surface area contributed by atoms with Crippen LogP contribution >= 0.6 is 11.8 Å². The van der Waals surface area contributed by atoms with Crippen LogP contribution in [0.2, 0.25) is 0 Å². The van der Waals surface area contributed by atoms with Crippen molar-refractivity contribution in [1.82, 2.24) is 14.5 Å². The normalized spacial score (nSPS) is 11.2. The van der Waals surface area contributed by atoms with Crippen molar-refractivity contribution in [2.24, 2.45) is 0 Å². The highest BCUT2D eigenvalue weighted by Crippen LogP contribution is 2.33. The van der Waals surface area contributed by atoms with Gasteiger partial charge in [0.25, 0.3) is 0 Å². The van der Waals surface area contributed by atoms with E-state index in [2.05, 4.69) is 4.98 Å². The van der Waals surface area contributed by atoms with Gasteiger partial charge in [-0.05, 0) is 23.8 Å². The fraction of sp³-hybridized carbons (Fsp3) is 0.304. The molecule has 1 amide bonds. The first-order chi connectivity index (χ1) is 15.8. The summed E-state index contributed by atoms with van der Waals surface area (Å²) < 4.78 is 41.3. The number of carbonyl (C=O) groups is 1. The molecule has 1 heterocycles. The molecule has 0 spiro atoms. The molecule has 0 atom stereocenters. The number of rotatable bonds is 9. The summed E-state index contributed by atoms with van der Waals surface area (Å²) in [5.74, 6) is -0.277. The maximum Gasteiger partial charge on any atom is 0.416 e. The molecule has 0 aliphatic rings. The summed E-state index contributed by atoms with van der Waals surface area (Å²) in [5, 5.41) is 18.0. The molecule has 3 aromatic rings. The maximum atomic E-state index is 13.2. The van der Waals surface area contributed by atoms with Crippen molar-refractivity contribution in [2.45, 2.75) is 30.7 Å². The second-order valence-corrected chi connectivity index (χ2v) is 8.10. The standard InChI is InChI=1S/C23H20F3N5OS/c24-23(25,26)18-8-9-20-19(14-18)29-22(31(20)15-17-6-2-1-3-7-17)33-16-21(32)30(12-4-10-27)13-5-11-28/h1-3,6-9,14H,4-5,12-13,15-16H2. The largest absolute Gasteiger partial charge is 0.416 e. The molecule has 0 radical (unpaired) electrons. The quantitative estimate of drug-likeness (QED) is 0.417. The molecule has 1 aromatic heterocycles. The first-order valence-electron chi connectivity index (χ1n) is 10.1. The maximum absolute atomic E-state index is 13.2. The number of nitriles is 2. The Hall–Kier alpha value is -3.50. The zero-order valence-electron chi connectivity index (χ0n) is 17.5. The molecule has 0 saturated heterocycles. The number of thioether (sulfide) groups is 1. The lowest BCUT2D eigenvalue weighted by molar-refractivity contribution is -0.137. The van der Waals surface area contributed by atoms with Gasteiger partial charge in [-0.2, -0.15) is 23.7 Å². The number of halogens is 3. The molecule has 0 unspecified atom stereocenters. The first-order valence-corrected chi connectivity index (χ1v) is 11.1. The predicted octanol–water partition coefficient (Wildman–Crippen LogP) is 4.85. The number of imidazole rings is 1. The third kappa shape index (κ3) is 6.27. The van der Waals surface area contributed by atoms with Crippen LogP contribution < -0.4 is 0 Å². The van der Waals surface area contributed by atoms with Crippen LogP contribution in [-0.4, -0.2) is 39.2 Å². The molecule has 2 aromatic carbocycles. The van der Waals surface area contributed by atoms with Gasteiger partial charge in [0.1, 0.15) is 0 Å². The lowest BCUT2D eigenvalue weighted by Gasteiger charge is -2.20. The van der Waals surface area contributed by atoms with Gasteiger partial charge in [0.15, 0.2) is 5.16 Å². The molecule has 0 bridgehead atoms. The minimum Gasteiger partial charge on any atom is -0.340 e. The molecular weight excluding hydrogens is 451 g/mol. The highest BCUT2D eigenvalue weighted by atomic mass is 32.2. The van der Waals surface area contributed by atoms with Crippen LogP contribution in [-0.2, 0) is 17.5 Å². The second-order valence-electron chi connectivity index (χ2n) is 7.15. The van der Waals surface area contributed by atoms with E-state index in [9.17, 15) is 18.0 Å². The lowest BCUT2D eigenvalue weighted by atomic mass is 10.2. The van der Waals surface area contributed by atoms with Crippen LogP contribution in [0.5, 0.6) is 0 Å². The van der Waals surface area contributed by atoms with Crippen molar-refractivity contribution < 1.29 is 18.0 Å². The summed E-state index contributed by atoms with van der Waals surface area (Å²) >= 11 is 1.12. The minimum absolute atomic E-state index is 0.0128. The molecule has 33 heavy (non-hydrogen) atoms. The number of aromatic nitrogens is 2. The minimum atomic E-state index is -4.48. The highest BCUT2D eigenvalue weighted by molar-refractivity contribution is 7.99. The number of amides is 1. The van der Waals surface area contributed by atoms with Crippen molar-refractivity contribution in [3.8, 4) is 12.1 Å². The Balaban J connectivity index is 1.89. The third-order valence-electron chi connectivity index (χ3n) is 4.89. The van der Waals surface area contributed by atoms with Gasteiger partial charge in [0, 0.05) is 13.1 Å². The smallest absolute Gasteiger partial charge is 0.340 e. The summed E-state index contributed by atoms with van der Waals surface area (Å²) in [7, 11) is 0. The summed E-state index contributed by atoms with van der Waals surface area (Å²) in [4.78, 5) is 18.5. The molecule has 170 valence electrons. The van der Waals surface area contributed by atoms with Crippen molar-refractivity contribution in [3.05, 3.63) is 59.7 Å². The van der Waals surface area contributed by atoms with Crippen LogP contribution in [0.1, 0.15) is 24.0 Å². The fourth-order valence-electron chi connectivity index (χ4n) is 3.26. The molecular formula is C23H20F3N5OS. The van der Waals surface area contributed by atoms with E-state index >= 15 is 0 Å². The van der Waals surface area contributed by atoms with Gasteiger partial charge in [-0.3, -0.25) is 4.79 Å². The van der Waals surface area contributed by atoms with Crippen LogP contribution in [0.4, 0.5) is 13.2 Å². The van der Waals surface area contributed by atoms with Gasteiger partial charge in [-0.25, -0.2) is 4.98 Å². The topological polar surface area (TPSA) is 85.7 Å². The van der Waals surface area contributed by atoms with E-state index in [0.29, 0.717) is 17.2 Å². The highest BCUT2D eigenvalue weighted by Gasteiger charge is 2.31. The van der Waals surface area contributed by atoms with Crippen molar-refractivity contribution in [2.75, 3.05) is 18.8 Å². The van der Waals surface area contributed by atoms with Crippen molar-refractivity contribution in [3.63, 3.8) is 0 Å². The average molecular weight is 472 g/mol. The monoisotopic (exact) mass is 471 g/mol. The summed E-state index contributed by atoms with van der Waals surface area (Å²) in [5.41, 5.74) is 0.884.